The SMILES string of the molecule is C[C@@](O)(C#Cc1cccc(-n2ncc3ccccc32)c1)c1ncccn1. The van der Waals surface area contributed by atoms with E-state index < -0.39 is 5.60 Å². The van der Waals surface area contributed by atoms with Crippen LogP contribution in [0, 0.1) is 11.8 Å². The average molecular weight is 340 g/mol. The lowest BCUT2D eigenvalue weighted by atomic mass is 10.1. The first-order chi connectivity index (χ1) is 12.6. The fourth-order valence-electron chi connectivity index (χ4n) is 2.69. The maximum absolute atomic E-state index is 10.5. The molecule has 0 saturated heterocycles. The third kappa shape index (κ3) is 3.06. The van der Waals surface area contributed by atoms with Gasteiger partial charge in [-0.2, -0.15) is 5.10 Å². The van der Waals surface area contributed by atoms with Gasteiger partial charge in [-0.05, 0) is 37.3 Å². The summed E-state index contributed by atoms with van der Waals surface area (Å²) in [6.07, 6.45) is 5.01. The highest BCUT2D eigenvalue weighted by atomic mass is 16.3. The zero-order valence-electron chi connectivity index (χ0n) is 14.2. The van der Waals surface area contributed by atoms with Crippen molar-refractivity contribution >= 4 is 10.9 Å². The molecule has 1 N–H and O–H groups in total. The number of para-hydroxylation sites is 1. The van der Waals surface area contributed by atoms with Crippen LogP contribution < -0.4 is 0 Å². The summed E-state index contributed by atoms with van der Waals surface area (Å²) >= 11 is 0. The molecular weight excluding hydrogens is 324 g/mol. The van der Waals surface area contributed by atoms with Crippen LogP contribution in [0.2, 0.25) is 0 Å². The molecule has 5 heteroatoms. The van der Waals surface area contributed by atoms with E-state index in [0.29, 0.717) is 0 Å². The van der Waals surface area contributed by atoms with E-state index in [0.717, 1.165) is 22.2 Å². The number of rotatable bonds is 2. The van der Waals surface area contributed by atoms with Gasteiger partial charge in [0.25, 0.3) is 0 Å². The van der Waals surface area contributed by atoms with E-state index in [1.54, 1.807) is 25.4 Å². The van der Waals surface area contributed by atoms with Gasteiger partial charge in [-0.15, -0.1) is 0 Å². The summed E-state index contributed by atoms with van der Waals surface area (Å²) in [6.45, 7) is 1.58. The third-order valence-corrected chi connectivity index (χ3v) is 4.02. The second-order valence-corrected chi connectivity index (χ2v) is 6.06. The van der Waals surface area contributed by atoms with Gasteiger partial charge in [0.15, 0.2) is 11.4 Å². The Kier molecular flexibility index (Phi) is 3.96. The highest BCUT2D eigenvalue weighted by Gasteiger charge is 2.23. The number of fused-ring (bicyclic) bond motifs is 1. The molecule has 1 atom stereocenters. The summed E-state index contributed by atoms with van der Waals surface area (Å²) < 4.78 is 1.87. The molecule has 4 aromatic rings. The van der Waals surface area contributed by atoms with Crippen LogP contribution in [0.4, 0.5) is 0 Å². The molecule has 0 fully saturated rings. The van der Waals surface area contributed by atoms with Gasteiger partial charge >= 0.3 is 0 Å². The van der Waals surface area contributed by atoms with Gasteiger partial charge in [-0.3, -0.25) is 0 Å². The normalized spacial score (nSPS) is 13.0. The third-order valence-electron chi connectivity index (χ3n) is 4.02. The van der Waals surface area contributed by atoms with Gasteiger partial charge in [0.1, 0.15) is 0 Å². The minimum absolute atomic E-state index is 0.279. The number of aliphatic hydroxyl groups is 1. The van der Waals surface area contributed by atoms with Crippen LogP contribution in [0.5, 0.6) is 0 Å². The lowest BCUT2D eigenvalue weighted by Gasteiger charge is -2.13. The number of hydrogen-bond acceptors (Lipinski definition) is 4. The highest BCUT2D eigenvalue weighted by molar-refractivity contribution is 5.80. The molecule has 0 radical (unpaired) electrons. The van der Waals surface area contributed by atoms with Crippen LogP contribution in [0.15, 0.2) is 73.2 Å². The highest BCUT2D eigenvalue weighted by Crippen LogP contribution is 2.19. The van der Waals surface area contributed by atoms with E-state index in [9.17, 15) is 5.11 Å². The van der Waals surface area contributed by atoms with Gasteiger partial charge in [0, 0.05) is 23.3 Å². The molecule has 0 aliphatic carbocycles. The van der Waals surface area contributed by atoms with Gasteiger partial charge in [-0.1, -0.05) is 36.1 Å². The zero-order valence-corrected chi connectivity index (χ0v) is 14.2. The van der Waals surface area contributed by atoms with Crippen molar-refractivity contribution in [3.8, 4) is 17.5 Å². The fourth-order valence-corrected chi connectivity index (χ4v) is 2.69. The van der Waals surface area contributed by atoms with Crippen LogP contribution in [0.1, 0.15) is 18.3 Å². The van der Waals surface area contributed by atoms with Crippen LogP contribution in [-0.2, 0) is 5.60 Å². The minimum Gasteiger partial charge on any atom is -0.371 e. The Morgan fingerprint density at radius 1 is 1.00 bits per heavy atom. The quantitative estimate of drug-likeness (QED) is 0.570. The first-order valence-electron chi connectivity index (χ1n) is 8.20. The Morgan fingerprint density at radius 2 is 1.81 bits per heavy atom. The van der Waals surface area contributed by atoms with Crippen molar-refractivity contribution in [2.24, 2.45) is 0 Å². The second-order valence-electron chi connectivity index (χ2n) is 6.06. The number of benzene rings is 2. The predicted molar refractivity (Wildman–Crippen MR) is 99.6 cm³/mol. The predicted octanol–water partition coefficient (Wildman–Crippen LogP) is 3.07. The molecule has 0 unspecified atom stereocenters. The molecule has 0 aliphatic heterocycles. The van der Waals surface area contributed by atoms with Gasteiger partial charge in [0.05, 0.1) is 17.4 Å². The molecule has 5 nitrogen and oxygen atoms in total. The summed E-state index contributed by atoms with van der Waals surface area (Å²) in [4.78, 5) is 8.15. The van der Waals surface area contributed by atoms with Crippen molar-refractivity contribution in [2.75, 3.05) is 0 Å². The van der Waals surface area contributed by atoms with E-state index in [2.05, 4.69) is 26.9 Å². The Balaban J connectivity index is 1.70. The molecule has 2 aromatic carbocycles. The van der Waals surface area contributed by atoms with E-state index in [4.69, 9.17) is 0 Å². The molecule has 2 heterocycles. The van der Waals surface area contributed by atoms with Gasteiger partial charge in [0.2, 0.25) is 0 Å². The topological polar surface area (TPSA) is 63.8 Å². The molecule has 0 saturated carbocycles. The number of hydrogen-bond donors (Lipinski definition) is 1. The molecule has 126 valence electrons. The summed E-state index contributed by atoms with van der Waals surface area (Å²) in [5.41, 5.74) is 1.30. The summed E-state index contributed by atoms with van der Waals surface area (Å²) in [7, 11) is 0. The summed E-state index contributed by atoms with van der Waals surface area (Å²) in [5, 5.41) is 16.1. The minimum atomic E-state index is -1.42. The average Bonchev–Trinajstić information content (AvgIpc) is 3.12. The van der Waals surface area contributed by atoms with Crippen LogP contribution in [0.25, 0.3) is 16.6 Å². The van der Waals surface area contributed by atoms with Crippen LogP contribution in [0.3, 0.4) is 0 Å². The molecule has 4 rings (SSSR count). The monoisotopic (exact) mass is 340 g/mol. The van der Waals surface area contributed by atoms with Gasteiger partial charge < -0.3 is 5.11 Å². The van der Waals surface area contributed by atoms with Crippen molar-refractivity contribution in [2.45, 2.75) is 12.5 Å². The van der Waals surface area contributed by atoms with Crippen molar-refractivity contribution < 1.29 is 5.11 Å². The van der Waals surface area contributed by atoms with Crippen molar-refractivity contribution in [1.29, 1.82) is 0 Å². The number of aromatic nitrogens is 4. The maximum Gasteiger partial charge on any atom is 0.182 e. The van der Waals surface area contributed by atoms with Crippen molar-refractivity contribution in [3.63, 3.8) is 0 Å². The zero-order chi connectivity index (χ0) is 18.0. The molecule has 26 heavy (non-hydrogen) atoms. The van der Waals surface area contributed by atoms with Crippen molar-refractivity contribution in [3.05, 3.63) is 84.6 Å². The van der Waals surface area contributed by atoms with E-state index in [-0.39, 0.29) is 5.82 Å². The Hall–Kier alpha value is -3.49. The summed E-state index contributed by atoms with van der Waals surface area (Å²) in [5.74, 6) is 6.14. The number of nitrogens with zero attached hydrogens (tertiary/aromatic N) is 4. The molecule has 0 amide bonds. The molecule has 0 bridgehead atoms. The molecule has 0 aliphatic rings. The van der Waals surface area contributed by atoms with E-state index in [1.165, 1.54) is 0 Å². The molecular formula is C21H16N4O. The maximum atomic E-state index is 10.5. The van der Waals surface area contributed by atoms with Crippen LogP contribution >= 0.6 is 0 Å². The molecule has 2 aromatic heterocycles. The Morgan fingerprint density at radius 3 is 2.65 bits per heavy atom. The van der Waals surface area contributed by atoms with E-state index in [1.807, 2.05) is 59.4 Å². The van der Waals surface area contributed by atoms with E-state index >= 15 is 0 Å². The fraction of sp³-hybridized carbons (Fsp3) is 0.0952. The van der Waals surface area contributed by atoms with Crippen LogP contribution in [-0.4, -0.2) is 24.9 Å². The second kappa shape index (κ2) is 6.43. The Labute approximate surface area is 151 Å². The first-order valence-corrected chi connectivity index (χ1v) is 8.20. The van der Waals surface area contributed by atoms with Gasteiger partial charge in [-0.25, -0.2) is 14.6 Å². The molecule has 0 spiro atoms. The lowest BCUT2D eigenvalue weighted by Crippen LogP contribution is -2.21. The van der Waals surface area contributed by atoms with Crippen molar-refractivity contribution in [1.82, 2.24) is 19.7 Å². The Bertz CT molecular complexity index is 1120. The summed E-state index contributed by atoms with van der Waals surface area (Å²) in [6, 6.07) is 17.5. The largest absolute Gasteiger partial charge is 0.371 e. The standard InChI is InChI=1S/C21H16N4O/c1-21(26,20-22-12-5-13-23-20)11-10-16-6-4-8-18(14-16)25-19-9-3-2-7-17(19)15-24-25/h2-9,12-15,26H,1H3/t21-/m1/s1. The smallest absolute Gasteiger partial charge is 0.182 e. The first kappa shape index (κ1) is 16.0. The lowest BCUT2D eigenvalue weighted by molar-refractivity contribution is 0.112.